The van der Waals surface area contributed by atoms with Gasteiger partial charge in [0, 0.05) is 37.5 Å². The van der Waals surface area contributed by atoms with Crippen molar-refractivity contribution in [2.45, 2.75) is 31.9 Å². The molecule has 8 heteroatoms. The van der Waals surface area contributed by atoms with E-state index in [-0.39, 0.29) is 23.9 Å². The summed E-state index contributed by atoms with van der Waals surface area (Å²) >= 11 is 0. The van der Waals surface area contributed by atoms with Gasteiger partial charge in [0.25, 0.3) is 11.7 Å². The Morgan fingerprint density at radius 3 is 2.32 bits per heavy atom. The molecule has 38 heavy (non-hydrogen) atoms. The van der Waals surface area contributed by atoms with Gasteiger partial charge in [-0.15, -0.1) is 0 Å². The summed E-state index contributed by atoms with van der Waals surface area (Å²) in [6.45, 7) is 1.96. The molecule has 2 unspecified atom stereocenters. The molecular formula is C30H28N2O6. The number of fused-ring (bicyclic) bond motifs is 1. The number of ketones is 1. The molecule has 0 bridgehead atoms. The van der Waals surface area contributed by atoms with E-state index in [1.54, 1.807) is 42.5 Å². The summed E-state index contributed by atoms with van der Waals surface area (Å²) in [5, 5.41) is 20.6. The smallest absolute Gasteiger partial charge is 0.307 e. The van der Waals surface area contributed by atoms with Crippen molar-refractivity contribution in [3.63, 3.8) is 0 Å². The molecule has 1 amide bonds. The summed E-state index contributed by atoms with van der Waals surface area (Å²) in [5.74, 6) is -2.03. The van der Waals surface area contributed by atoms with Crippen LogP contribution in [0.3, 0.4) is 0 Å². The van der Waals surface area contributed by atoms with E-state index < -0.39 is 23.7 Å². The second-order valence-corrected chi connectivity index (χ2v) is 9.85. The largest absolute Gasteiger partial charge is 0.507 e. The molecule has 3 aromatic carbocycles. The van der Waals surface area contributed by atoms with E-state index in [9.17, 15) is 19.5 Å². The highest BCUT2D eigenvalue weighted by Crippen LogP contribution is 2.43. The van der Waals surface area contributed by atoms with Crippen LogP contribution in [0.5, 0.6) is 5.75 Å². The van der Waals surface area contributed by atoms with Crippen LogP contribution in [0.15, 0.2) is 72.3 Å². The first-order valence-electron chi connectivity index (χ1n) is 12.3. The second-order valence-electron chi connectivity index (χ2n) is 9.85. The number of ether oxygens (including phenoxy) is 1. The lowest BCUT2D eigenvalue weighted by Gasteiger charge is -2.26. The van der Waals surface area contributed by atoms with Crippen LogP contribution in [-0.4, -0.2) is 48.1 Å². The maximum Gasteiger partial charge on any atom is 0.307 e. The summed E-state index contributed by atoms with van der Waals surface area (Å²) < 4.78 is 5.77. The number of amides is 1. The van der Waals surface area contributed by atoms with Crippen molar-refractivity contribution in [2.75, 3.05) is 23.9 Å². The van der Waals surface area contributed by atoms with Gasteiger partial charge in [-0.1, -0.05) is 24.3 Å². The number of hydrogen-bond donors (Lipinski definition) is 2. The highest BCUT2D eigenvalue weighted by atomic mass is 16.5. The maximum absolute atomic E-state index is 13.4. The number of aliphatic hydroxyl groups is 1. The van der Waals surface area contributed by atoms with Gasteiger partial charge in [-0.3, -0.25) is 19.3 Å². The fraction of sp³-hybridized carbons (Fsp3) is 0.233. The molecule has 0 radical (unpaired) electrons. The van der Waals surface area contributed by atoms with Gasteiger partial charge in [-0.25, -0.2) is 0 Å². The van der Waals surface area contributed by atoms with Crippen molar-refractivity contribution in [3.8, 4) is 5.75 Å². The molecule has 0 spiro atoms. The van der Waals surface area contributed by atoms with Crippen LogP contribution in [-0.2, 0) is 27.2 Å². The lowest BCUT2D eigenvalue weighted by molar-refractivity contribution is -0.136. The number of carboxylic acid groups (broad SMARTS) is 1. The monoisotopic (exact) mass is 512 g/mol. The van der Waals surface area contributed by atoms with Gasteiger partial charge in [-0.05, 0) is 66.1 Å². The molecule has 2 atom stereocenters. The van der Waals surface area contributed by atoms with E-state index >= 15 is 0 Å². The standard InChI is InChI=1S/C30H28N2O6/c1-17-14-21-16-20(8-13-24(21)38-17)28(35)26-27(19-6-11-22(12-7-19)31(2)3)32(30(37)29(26)36)23-9-4-18(5-10-23)15-25(33)34/h4-13,16-17,27,35H,14-15H2,1-3H3,(H,33,34)/b28-26-. The molecule has 2 N–H and O–H groups in total. The Hall–Kier alpha value is -4.59. The maximum atomic E-state index is 13.4. The topological polar surface area (TPSA) is 107 Å². The number of nitrogens with zero attached hydrogens (tertiary/aromatic N) is 2. The summed E-state index contributed by atoms with van der Waals surface area (Å²) in [6, 6.07) is 18.3. The zero-order chi connectivity index (χ0) is 27.1. The molecule has 194 valence electrons. The molecule has 0 aromatic heterocycles. The van der Waals surface area contributed by atoms with Crippen molar-refractivity contribution >= 4 is 34.8 Å². The Morgan fingerprint density at radius 1 is 1.00 bits per heavy atom. The van der Waals surface area contributed by atoms with Gasteiger partial charge in [0.1, 0.15) is 17.6 Å². The number of hydrogen-bond acceptors (Lipinski definition) is 6. The fourth-order valence-corrected chi connectivity index (χ4v) is 5.04. The average molecular weight is 513 g/mol. The lowest BCUT2D eigenvalue weighted by atomic mass is 9.94. The first-order valence-corrected chi connectivity index (χ1v) is 12.3. The van der Waals surface area contributed by atoms with E-state index in [0.717, 1.165) is 17.0 Å². The molecule has 1 saturated heterocycles. The number of carbonyl (C=O) groups excluding carboxylic acids is 2. The Kier molecular flexibility index (Phi) is 6.40. The minimum atomic E-state index is -0.965. The summed E-state index contributed by atoms with van der Waals surface area (Å²) in [5.41, 5.74) is 3.95. The quantitative estimate of drug-likeness (QED) is 0.288. The Bertz CT molecular complexity index is 1460. The third-order valence-corrected chi connectivity index (χ3v) is 6.91. The SMILES string of the molecule is CC1Cc2cc(/C(O)=C3/C(=O)C(=O)N(c4ccc(CC(=O)O)cc4)C3c3ccc(N(C)C)cc3)ccc2O1. The fourth-order valence-electron chi connectivity index (χ4n) is 5.04. The van der Waals surface area contributed by atoms with Gasteiger partial charge >= 0.3 is 5.97 Å². The van der Waals surface area contributed by atoms with Crippen LogP contribution < -0.4 is 14.5 Å². The van der Waals surface area contributed by atoms with Gasteiger partial charge in [0.2, 0.25) is 0 Å². The predicted molar refractivity (Wildman–Crippen MR) is 144 cm³/mol. The summed E-state index contributed by atoms with van der Waals surface area (Å²) in [4.78, 5) is 41.3. The Labute approximate surface area is 220 Å². The Morgan fingerprint density at radius 2 is 1.68 bits per heavy atom. The van der Waals surface area contributed by atoms with Crippen LogP contribution in [0.2, 0.25) is 0 Å². The number of aliphatic carboxylic acids is 1. The number of rotatable bonds is 6. The van der Waals surface area contributed by atoms with Crippen LogP contribution in [0.1, 0.15) is 35.2 Å². The lowest BCUT2D eigenvalue weighted by Crippen LogP contribution is -2.29. The van der Waals surface area contributed by atoms with Gasteiger partial charge in [0.15, 0.2) is 0 Å². The van der Waals surface area contributed by atoms with E-state index in [1.807, 2.05) is 50.2 Å². The molecule has 0 saturated carbocycles. The molecule has 8 nitrogen and oxygen atoms in total. The number of aliphatic hydroxyl groups excluding tert-OH is 1. The number of carbonyl (C=O) groups is 3. The van der Waals surface area contributed by atoms with E-state index in [0.29, 0.717) is 28.8 Å². The van der Waals surface area contributed by atoms with Crippen molar-refractivity contribution in [1.29, 1.82) is 0 Å². The van der Waals surface area contributed by atoms with E-state index in [4.69, 9.17) is 9.84 Å². The minimum Gasteiger partial charge on any atom is -0.507 e. The third-order valence-electron chi connectivity index (χ3n) is 6.91. The number of carboxylic acids is 1. The van der Waals surface area contributed by atoms with Gasteiger partial charge < -0.3 is 19.8 Å². The molecule has 0 aliphatic carbocycles. The molecule has 5 rings (SSSR count). The molecule has 2 heterocycles. The molecule has 3 aromatic rings. The van der Waals surface area contributed by atoms with Crippen molar-refractivity contribution in [3.05, 3.63) is 94.6 Å². The highest BCUT2D eigenvalue weighted by Gasteiger charge is 2.47. The van der Waals surface area contributed by atoms with Gasteiger partial charge in [0.05, 0.1) is 18.0 Å². The minimum absolute atomic E-state index is 0.00544. The molecule has 1 fully saturated rings. The third kappa shape index (κ3) is 4.49. The number of Topliss-reactive ketones (excluding diaryl/α,β-unsaturated/α-hetero) is 1. The van der Waals surface area contributed by atoms with Gasteiger partial charge in [-0.2, -0.15) is 0 Å². The van der Waals surface area contributed by atoms with Crippen LogP contribution in [0, 0.1) is 0 Å². The zero-order valence-corrected chi connectivity index (χ0v) is 21.3. The highest BCUT2D eigenvalue weighted by molar-refractivity contribution is 6.51. The average Bonchev–Trinajstić information content (AvgIpc) is 3.39. The van der Waals surface area contributed by atoms with E-state index in [1.165, 1.54) is 4.90 Å². The summed E-state index contributed by atoms with van der Waals surface area (Å²) in [6.07, 6.45) is 0.547. The van der Waals surface area contributed by atoms with Crippen molar-refractivity contribution < 1.29 is 29.3 Å². The first kappa shape index (κ1) is 25.1. The Balaban J connectivity index is 1.64. The summed E-state index contributed by atoms with van der Waals surface area (Å²) in [7, 11) is 3.83. The van der Waals surface area contributed by atoms with E-state index in [2.05, 4.69) is 0 Å². The van der Waals surface area contributed by atoms with Crippen molar-refractivity contribution in [2.24, 2.45) is 0 Å². The number of anilines is 2. The number of benzene rings is 3. The molecular weight excluding hydrogens is 484 g/mol. The second kappa shape index (κ2) is 9.70. The van der Waals surface area contributed by atoms with Crippen LogP contribution in [0.25, 0.3) is 5.76 Å². The molecule has 2 aliphatic rings. The molecule has 2 aliphatic heterocycles. The van der Waals surface area contributed by atoms with Crippen molar-refractivity contribution in [1.82, 2.24) is 0 Å². The van der Waals surface area contributed by atoms with Crippen LogP contribution >= 0.6 is 0 Å². The normalized spacial score (nSPS) is 19.8. The van der Waals surface area contributed by atoms with Crippen LogP contribution in [0.4, 0.5) is 11.4 Å². The zero-order valence-electron chi connectivity index (χ0n) is 21.3. The predicted octanol–water partition coefficient (Wildman–Crippen LogP) is 4.33. The first-order chi connectivity index (χ1) is 18.1.